The predicted octanol–water partition coefficient (Wildman–Crippen LogP) is 2.27. The van der Waals surface area contributed by atoms with E-state index in [1.165, 1.54) is 12.4 Å². The lowest BCUT2D eigenvalue weighted by atomic mass is 10.1. The first-order chi connectivity index (χ1) is 11.1. The number of benzene rings is 1. The molecule has 6 heteroatoms. The van der Waals surface area contributed by atoms with Crippen LogP contribution in [0.4, 0.5) is 5.69 Å². The molecular weight excluding hydrogens is 292 g/mol. The molecule has 1 aromatic heterocycles. The molecule has 3 rings (SSSR count). The summed E-state index contributed by atoms with van der Waals surface area (Å²) in [6.45, 7) is 3.34. The summed E-state index contributed by atoms with van der Waals surface area (Å²) in [5, 5.41) is 2.76. The number of carbonyl (C=O) groups is 2. The summed E-state index contributed by atoms with van der Waals surface area (Å²) >= 11 is 0. The molecule has 1 saturated heterocycles. The quantitative estimate of drug-likeness (QED) is 0.943. The van der Waals surface area contributed by atoms with Crippen molar-refractivity contribution < 1.29 is 9.59 Å². The minimum Gasteiger partial charge on any atom is -0.339 e. The molecule has 1 aromatic carbocycles. The van der Waals surface area contributed by atoms with Gasteiger partial charge in [0.05, 0.1) is 23.1 Å². The topological polar surface area (TPSA) is 75.2 Å². The molecule has 0 atom stereocenters. The van der Waals surface area contributed by atoms with Crippen molar-refractivity contribution in [1.29, 1.82) is 0 Å². The van der Waals surface area contributed by atoms with Crippen molar-refractivity contribution in [1.82, 2.24) is 14.9 Å². The second-order valence-electron chi connectivity index (χ2n) is 5.54. The van der Waals surface area contributed by atoms with Crippen molar-refractivity contribution in [2.24, 2.45) is 0 Å². The van der Waals surface area contributed by atoms with E-state index in [-0.39, 0.29) is 17.5 Å². The fourth-order valence-electron chi connectivity index (χ4n) is 2.57. The van der Waals surface area contributed by atoms with Gasteiger partial charge in [-0.3, -0.25) is 14.6 Å². The third kappa shape index (κ3) is 3.36. The Morgan fingerprint density at radius 2 is 1.83 bits per heavy atom. The molecule has 1 aliphatic rings. The highest BCUT2D eigenvalue weighted by molar-refractivity contribution is 6.08. The Hall–Kier alpha value is -2.76. The summed E-state index contributed by atoms with van der Waals surface area (Å²) in [5.41, 5.74) is 1.96. The van der Waals surface area contributed by atoms with Crippen molar-refractivity contribution in [3.8, 4) is 0 Å². The SMILES string of the molecule is Cc1cnc(C(=O)Nc2ccccc2C(=O)N2CCCC2)cn1. The number of carbonyl (C=O) groups excluding carboxylic acids is 2. The zero-order valence-corrected chi connectivity index (χ0v) is 13.0. The molecule has 0 radical (unpaired) electrons. The normalized spacial score (nSPS) is 13.9. The van der Waals surface area contributed by atoms with Gasteiger partial charge in [0.25, 0.3) is 11.8 Å². The maximum Gasteiger partial charge on any atom is 0.275 e. The third-order valence-electron chi connectivity index (χ3n) is 3.81. The molecule has 2 aromatic rings. The Morgan fingerprint density at radius 1 is 1.09 bits per heavy atom. The average Bonchev–Trinajstić information content (AvgIpc) is 3.10. The highest BCUT2D eigenvalue weighted by atomic mass is 16.2. The van der Waals surface area contributed by atoms with E-state index in [2.05, 4.69) is 15.3 Å². The first kappa shape index (κ1) is 15.1. The monoisotopic (exact) mass is 310 g/mol. The summed E-state index contributed by atoms with van der Waals surface area (Å²) < 4.78 is 0. The van der Waals surface area contributed by atoms with Crippen LogP contribution < -0.4 is 5.32 Å². The van der Waals surface area contributed by atoms with Crippen LogP contribution in [0.2, 0.25) is 0 Å². The van der Waals surface area contributed by atoms with E-state index in [1.807, 2.05) is 4.90 Å². The molecule has 1 aliphatic heterocycles. The molecule has 118 valence electrons. The van der Waals surface area contributed by atoms with Gasteiger partial charge in [-0.05, 0) is 31.9 Å². The van der Waals surface area contributed by atoms with Crippen molar-refractivity contribution in [3.63, 3.8) is 0 Å². The standard InChI is InChI=1S/C17H18N4O2/c1-12-10-19-15(11-18-12)16(22)20-14-7-3-2-6-13(14)17(23)21-8-4-5-9-21/h2-3,6-7,10-11H,4-5,8-9H2,1H3,(H,20,22). The molecule has 2 heterocycles. The van der Waals surface area contributed by atoms with Crippen LogP contribution >= 0.6 is 0 Å². The minimum atomic E-state index is -0.376. The summed E-state index contributed by atoms with van der Waals surface area (Å²) in [6, 6.07) is 7.04. The van der Waals surface area contributed by atoms with Gasteiger partial charge in [-0.1, -0.05) is 12.1 Å². The van der Waals surface area contributed by atoms with E-state index in [4.69, 9.17) is 0 Å². The summed E-state index contributed by atoms with van der Waals surface area (Å²) in [6.07, 6.45) is 5.02. The summed E-state index contributed by atoms with van der Waals surface area (Å²) in [7, 11) is 0. The van der Waals surface area contributed by atoms with Crippen LogP contribution in [0.15, 0.2) is 36.7 Å². The number of hydrogen-bond acceptors (Lipinski definition) is 4. The number of amides is 2. The molecule has 1 N–H and O–H groups in total. The number of aromatic nitrogens is 2. The molecule has 2 amide bonds. The Labute approximate surface area is 134 Å². The maximum absolute atomic E-state index is 12.6. The van der Waals surface area contributed by atoms with Crippen molar-refractivity contribution in [2.45, 2.75) is 19.8 Å². The van der Waals surface area contributed by atoms with Crippen LogP contribution in [0, 0.1) is 6.92 Å². The molecule has 0 spiro atoms. The third-order valence-corrected chi connectivity index (χ3v) is 3.81. The number of nitrogens with zero attached hydrogens (tertiary/aromatic N) is 3. The first-order valence-corrected chi connectivity index (χ1v) is 7.63. The molecule has 0 unspecified atom stereocenters. The number of likely N-dealkylation sites (tertiary alicyclic amines) is 1. The molecule has 6 nitrogen and oxygen atoms in total. The second kappa shape index (κ2) is 6.56. The lowest BCUT2D eigenvalue weighted by Crippen LogP contribution is -2.29. The number of para-hydroxylation sites is 1. The van der Waals surface area contributed by atoms with Crippen molar-refractivity contribution >= 4 is 17.5 Å². The lowest BCUT2D eigenvalue weighted by Gasteiger charge is -2.17. The molecule has 1 fully saturated rings. The van der Waals surface area contributed by atoms with Crippen LogP contribution in [-0.4, -0.2) is 39.8 Å². The average molecular weight is 310 g/mol. The minimum absolute atomic E-state index is 0.0478. The molecule has 0 saturated carbocycles. The van der Waals surface area contributed by atoms with Gasteiger partial charge < -0.3 is 10.2 Å². The first-order valence-electron chi connectivity index (χ1n) is 7.63. The van der Waals surface area contributed by atoms with Crippen molar-refractivity contribution in [2.75, 3.05) is 18.4 Å². The Balaban J connectivity index is 1.81. The van der Waals surface area contributed by atoms with Gasteiger partial charge in [-0.25, -0.2) is 4.98 Å². The maximum atomic E-state index is 12.6. The van der Waals surface area contributed by atoms with Gasteiger partial charge in [-0.15, -0.1) is 0 Å². The highest BCUT2D eigenvalue weighted by Crippen LogP contribution is 2.20. The van der Waals surface area contributed by atoms with Gasteiger partial charge in [0.1, 0.15) is 5.69 Å². The number of anilines is 1. The number of rotatable bonds is 3. The van der Waals surface area contributed by atoms with Crippen LogP contribution in [0.3, 0.4) is 0 Å². The van der Waals surface area contributed by atoms with Gasteiger partial charge in [0, 0.05) is 19.3 Å². The van der Waals surface area contributed by atoms with E-state index >= 15 is 0 Å². The molecule has 0 aliphatic carbocycles. The second-order valence-corrected chi connectivity index (χ2v) is 5.54. The van der Waals surface area contributed by atoms with E-state index in [9.17, 15) is 9.59 Å². The van der Waals surface area contributed by atoms with E-state index < -0.39 is 0 Å². The highest BCUT2D eigenvalue weighted by Gasteiger charge is 2.22. The zero-order chi connectivity index (χ0) is 16.2. The van der Waals surface area contributed by atoms with Crippen LogP contribution in [0.25, 0.3) is 0 Å². The molecule has 0 bridgehead atoms. The summed E-state index contributed by atoms with van der Waals surface area (Å²) in [4.78, 5) is 34.8. The largest absolute Gasteiger partial charge is 0.339 e. The van der Waals surface area contributed by atoms with Gasteiger partial charge in [-0.2, -0.15) is 0 Å². The van der Waals surface area contributed by atoms with E-state index in [0.29, 0.717) is 11.3 Å². The Kier molecular flexibility index (Phi) is 4.32. The Bertz CT molecular complexity index is 722. The van der Waals surface area contributed by atoms with Crippen LogP contribution in [-0.2, 0) is 0 Å². The van der Waals surface area contributed by atoms with Gasteiger partial charge in [0.2, 0.25) is 0 Å². The number of hydrogen-bond donors (Lipinski definition) is 1. The van der Waals surface area contributed by atoms with Crippen molar-refractivity contribution in [3.05, 3.63) is 53.6 Å². The fraction of sp³-hybridized carbons (Fsp3) is 0.294. The smallest absolute Gasteiger partial charge is 0.275 e. The van der Waals surface area contributed by atoms with Crippen LogP contribution in [0.1, 0.15) is 39.4 Å². The van der Waals surface area contributed by atoms with E-state index in [0.717, 1.165) is 31.6 Å². The lowest BCUT2D eigenvalue weighted by molar-refractivity contribution is 0.0794. The molecule has 23 heavy (non-hydrogen) atoms. The van der Waals surface area contributed by atoms with Crippen LogP contribution in [0.5, 0.6) is 0 Å². The van der Waals surface area contributed by atoms with E-state index in [1.54, 1.807) is 31.2 Å². The molecular formula is C17H18N4O2. The van der Waals surface area contributed by atoms with Gasteiger partial charge in [0.15, 0.2) is 0 Å². The number of nitrogens with one attached hydrogen (secondary N) is 1. The predicted molar refractivity (Wildman–Crippen MR) is 86.3 cm³/mol. The fourth-order valence-corrected chi connectivity index (χ4v) is 2.57. The summed E-state index contributed by atoms with van der Waals surface area (Å²) in [5.74, 6) is -0.424. The zero-order valence-electron chi connectivity index (χ0n) is 13.0. The number of aryl methyl sites for hydroxylation is 1. The van der Waals surface area contributed by atoms with Gasteiger partial charge >= 0.3 is 0 Å². The Morgan fingerprint density at radius 3 is 2.52 bits per heavy atom.